The van der Waals surface area contributed by atoms with Crippen LogP contribution in [-0.4, -0.2) is 10.1 Å². The fraction of sp³-hybridized carbons (Fsp3) is 0.267. The largest absolute Gasteiger partial charge is 0.386 e. The van der Waals surface area contributed by atoms with Crippen molar-refractivity contribution < 1.29 is 9.50 Å². The van der Waals surface area contributed by atoms with E-state index in [2.05, 4.69) is 20.9 Å². The van der Waals surface area contributed by atoms with E-state index < -0.39 is 6.10 Å². The minimum Gasteiger partial charge on any atom is -0.386 e. The van der Waals surface area contributed by atoms with Crippen LogP contribution in [0.15, 0.2) is 34.9 Å². The molecule has 2 nitrogen and oxygen atoms in total. The van der Waals surface area contributed by atoms with Crippen LogP contribution < -0.4 is 0 Å². The summed E-state index contributed by atoms with van der Waals surface area (Å²) in [6.07, 6.45) is 1.47. The summed E-state index contributed by atoms with van der Waals surface area (Å²) < 4.78 is 13.6. The molecule has 0 saturated carbocycles. The predicted octanol–water partition coefficient (Wildman–Crippen LogP) is 3.88. The molecule has 0 spiro atoms. The molecular weight excluding hydrogens is 309 g/mol. The first-order valence-corrected chi connectivity index (χ1v) is 6.82. The first-order valence-electron chi connectivity index (χ1n) is 6.02. The van der Waals surface area contributed by atoms with Gasteiger partial charge in [0, 0.05) is 12.6 Å². The predicted molar refractivity (Wildman–Crippen MR) is 76.5 cm³/mol. The normalized spacial score (nSPS) is 12.5. The zero-order chi connectivity index (χ0) is 14.0. The average molecular weight is 324 g/mol. The molecule has 2 rings (SSSR count). The Morgan fingerprint density at radius 1 is 1.32 bits per heavy atom. The van der Waals surface area contributed by atoms with Gasteiger partial charge in [-0.3, -0.25) is 4.98 Å². The zero-order valence-corrected chi connectivity index (χ0v) is 12.4. The van der Waals surface area contributed by atoms with E-state index in [4.69, 9.17) is 0 Å². The fourth-order valence-corrected chi connectivity index (χ4v) is 2.49. The number of rotatable bonds is 3. The van der Waals surface area contributed by atoms with Crippen LogP contribution in [0.25, 0.3) is 0 Å². The third-order valence-corrected chi connectivity index (χ3v) is 3.59. The van der Waals surface area contributed by atoms with Crippen molar-refractivity contribution in [2.45, 2.75) is 26.4 Å². The number of benzene rings is 1. The molecular formula is C15H15BrFNO. The second-order valence-electron chi connectivity index (χ2n) is 4.68. The molecule has 2 aromatic rings. The second-order valence-corrected chi connectivity index (χ2v) is 5.54. The maximum atomic E-state index is 13.1. The SMILES string of the molecule is Cc1cnc(C(O)Cc2ccc(F)c(Br)c2)c(C)c1. The van der Waals surface area contributed by atoms with Gasteiger partial charge in [0.1, 0.15) is 11.9 Å². The molecule has 1 aromatic heterocycles. The van der Waals surface area contributed by atoms with E-state index in [0.717, 1.165) is 16.7 Å². The van der Waals surface area contributed by atoms with Gasteiger partial charge >= 0.3 is 0 Å². The van der Waals surface area contributed by atoms with E-state index in [1.54, 1.807) is 18.3 Å². The van der Waals surface area contributed by atoms with Crippen molar-refractivity contribution in [1.82, 2.24) is 4.98 Å². The molecule has 0 bridgehead atoms. The van der Waals surface area contributed by atoms with Gasteiger partial charge < -0.3 is 5.11 Å². The average Bonchev–Trinajstić information content (AvgIpc) is 2.33. The van der Waals surface area contributed by atoms with Gasteiger partial charge in [-0.05, 0) is 58.6 Å². The Balaban J connectivity index is 2.20. The lowest BCUT2D eigenvalue weighted by atomic mass is 10.0. The molecule has 1 N–H and O–H groups in total. The molecule has 0 aliphatic rings. The summed E-state index contributed by atoms with van der Waals surface area (Å²) in [5.41, 5.74) is 3.57. The number of aliphatic hydroxyl groups excluding tert-OH is 1. The number of aliphatic hydroxyl groups is 1. The van der Waals surface area contributed by atoms with Gasteiger partial charge in [-0.15, -0.1) is 0 Å². The molecule has 19 heavy (non-hydrogen) atoms. The maximum Gasteiger partial charge on any atom is 0.137 e. The fourth-order valence-electron chi connectivity index (χ4n) is 2.06. The van der Waals surface area contributed by atoms with Crippen LogP contribution in [0.1, 0.15) is 28.5 Å². The quantitative estimate of drug-likeness (QED) is 0.929. The highest BCUT2D eigenvalue weighted by atomic mass is 79.9. The molecule has 0 saturated heterocycles. The lowest BCUT2D eigenvalue weighted by Crippen LogP contribution is -2.07. The Hall–Kier alpha value is -1.26. The van der Waals surface area contributed by atoms with Crippen molar-refractivity contribution >= 4 is 15.9 Å². The molecule has 4 heteroatoms. The summed E-state index contributed by atoms with van der Waals surface area (Å²) in [4.78, 5) is 4.28. The van der Waals surface area contributed by atoms with Gasteiger partial charge in [-0.1, -0.05) is 12.1 Å². The van der Waals surface area contributed by atoms with E-state index in [-0.39, 0.29) is 5.82 Å². The molecule has 1 unspecified atom stereocenters. The summed E-state index contributed by atoms with van der Waals surface area (Å²) in [6.45, 7) is 3.90. The van der Waals surface area contributed by atoms with Crippen LogP contribution in [0.4, 0.5) is 4.39 Å². The monoisotopic (exact) mass is 323 g/mol. The van der Waals surface area contributed by atoms with Crippen molar-refractivity contribution in [1.29, 1.82) is 0 Å². The maximum absolute atomic E-state index is 13.1. The van der Waals surface area contributed by atoms with Gasteiger partial charge in [0.05, 0.1) is 10.2 Å². The standard InChI is InChI=1S/C15H15BrFNO/c1-9-5-10(2)15(18-8-9)14(19)7-11-3-4-13(17)12(16)6-11/h3-6,8,14,19H,7H2,1-2H3. The summed E-state index contributed by atoms with van der Waals surface area (Å²) in [5.74, 6) is -0.303. The zero-order valence-electron chi connectivity index (χ0n) is 10.8. The van der Waals surface area contributed by atoms with Crippen LogP contribution in [0, 0.1) is 19.7 Å². The molecule has 0 fully saturated rings. The second kappa shape index (κ2) is 5.80. The Bertz CT molecular complexity index is 601. The van der Waals surface area contributed by atoms with Gasteiger partial charge in [-0.2, -0.15) is 0 Å². The van der Waals surface area contributed by atoms with Crippen LogP contribution in [0.5, 0.6) is 0 Å². The number of aryl methyl sites for hydroxylation is 2. The smallest absolute Gasteiger partial charge is 0.137 e. The van der Waals surface area contributed by atoms with Gasteiger partial charge in [0.2, 0.25) is 0 Å². The van der Waals surface area contributed by atoms with Crippen molar-refractivity contribution in [3.05, 3.63) is 63.1 Å². The first-order chi connectivity index (χ1) is 8.97. The number of halogens is 2. The van der Waals surface area contributed by atoms with Crippen molar-refractivity contribution in [3.63, 3.8) is 0 Å². The number of aromatic nitrogens is 1. The third-order valence-electron chi connectivity index (χ3n) is 2.98. The molecule has 1 aromatic carbocycles. The van der Waals surface area contributed by atoms with Crippen molar-refractivity contribution in [3.8, 4) is 0 Å². The van der Waals surface area contributed by atoms with Gasteiger partial charge in [-0.25, -0.2) is 4.39 Å². The van der Waals surface area contributed by atoms with E-state index in [0.29, 0.717) is 16.6 Å². The van der Waals surface area contributed by atoms with Gasteiger partial charge in [0.15, 0.2) is 0 Å². The van der Waals surface area contributed by atoms with E-state index in [9.17, 15) is 9.50 Å². The molecule has 0 aliphatic carbocycles. The molecule has 0 radical (unpaired) electrons. The third kappa shape index (κ3) is 3.39. The van der Waals surface area contributed by atoms with E-state index in [1.165, 1.54) is 6.07 Å². The lowest BCUT2D eigenvalue weighted by Gasteiger charge is -2.13. The summed E-state index contributed by atoms with van der Waals surface area (Å²) in [7, 11) is 0. The van der Waals surface area contributed by atoms with E-state index in [1.807, 2.05) is 19.9 Å². The molecule has 100 valence electrons. The van der Waals surface area contributed by atoms with Crippen molar-refractivity contribution in [2.75, 3.05) is 0 Å². The highest BCUT2D eigenvalue weighted by molar-refractivity contribution is 9.10. The lowest BCUT2D eigenvalue weighted by molar-refractivity contribution is 0.172. The Morgan fingerprint density at radius 3 is 2.68 bits per heavy atom. The Labute approximate surface area is 120 Å². The van der Waals surface area contributed by atoms with Crippen molar-refractivity contribution in [2.24, 2.45) is 0 Å². The summed E-state index contributed by atoms with van der Waals surface area (Å²) in [6, 6.07) is 6.74. The van der Waals surface area contributed by atoms with Crippen LogP contribution in [-0.2, 0) is 6.42 Å². The summed E-state index contributed by atoms with van der Waals surface area (Å²) >= 11 is 3.14. The molecule has 0 aliphatic heterocycles. The van der Waals surface area contributed by atoms with E-state index >= 15 is 0 Å². The van der Waals surface area contributed by atoms with Crippen LogP contribution >= 0.6 is 15.9 Å². The number of nitrogens with zero attached hydrogens (tertiary/aromatic N) is 1. The molecule has 0 amide bonds. The summed E-state index contributed by atoms with van der Waals surface area (Å²) in [5, 5.41) is 10.2. The highest BCUT2D eigenvalue weighted by Gasteiger charge is 2.13. The molecule has 1 atom stereocenters. The number of hydrogen-bond acceptors (Lipinski definition) is 2. The molecule has 1 heterocycles. The minimum absolute atomic E-state index is 0.303. The number of hydrogen-bond donors (Lipinski definition) is 1. The van der Waals surface area contributed by atoms with Gasteiger partial charge in [0.25, 0.3) is 0 Å². The Morgan fingerprint density at radius 2 is 2.05 bits per heavy atom. The number of pyridine rings is 1. The first kappa shape index (κ1) is 14.2. The highest BCUT2D eigenvalue weighted by Crippen LogP contribution is 2.23. The minimum atomic E-state index is -0.682. The van der Waals surface area contributed by atoms with Crippen LogP contribution in [0.3, 0.4) is 0 Å². The van der Waals surface area contributed by atoms with Crippen LogP contribution in [0.2, 0.25) is 0 Å². The topological polar surface area (TPSA) is 33.1 Å². The Kier molecular flexibility index (Phi) is 4.32.